The van der Waals surface area contributed by atoms with Crippen molar-refractivity contribution < 1.29 is 124 Å². The van der Waals surface area contributed by atoms with Crippen molar-refractivity contribution in [2.45, 2.75) is 32.6 Å². The Morgan fingerprint density at radius 3 is 0.624 bits per heavy atom. The molecule has 0 fully saturated rings. The minimum absolute atomic E-state index is 0.0787. The molecule has 0 aliphatic carbocycles. The first kappa shape index (κ1) is 75.8. The van der Waals surface area contributed by atoms with Crippen molar-refractivity contribution in [3.8, 4) is 0 Å². The van der Waals surface area contributed by atoms with E-state index in [1.165, 1.54) is 0 Å². The smallest absolute Gasteiger partial charge is 0.407 e. The van der Waals surface area contributed by atoms with Gasteiger partial charge < -0.3 is 76.9 Å². The zero-order chi connectivity index (χ0) is 64.2. The Kier molecular flexibility index (Phi) is 38.0. The molecule has 2 N–H and O–H groups in total. The van der Waals surface area contributed by atoms with Gasteiger partial charge in [0, 0.05) is 74.7 Å². The average molecular weight is 1210 g/mol. The molecule has 0 saturated carbocycles. The van der Waals surface area contributed by atoms with E-state index in [9.17, 15) is 57.5 Å². The second kappa shape index (κ2) is 42.6. The van der Waals surface area contributed by atoms with Crippen molar-refractivity contribution in [3.05, 3.63) is 114 Å². The molecule has 0 spiro atoms. The molecule has 28 heteroatoms. The molecule has 28 nitrogen and oxygen atoms in total. The Morgan fingerprint density at radius 2 is 0.447 bits per heavy atom. The summed E-state index contributed by atoms with van der Waals surface area (Å²) in [6.45, 7) is 22.4. The van der Waals surface area contributed by atoms with E-state index in [1.807, 2.05) is 0 Å². The normalized spacial score (nSPS) is 10.9. The van der Waals surface area contributed by atoms with Crippen LogP contribution in [0.5, 0.6) is 0 Å². The number of rotatable bonds is 48. The van der Waals surface area contributed by atoms with Crippen LogP contribution in [0.25, 0.3) is 0 Å². The summed E-state index contributed by atoms with van der Waals surface area (Å²) in [5.74, 6) is -8.85. The SMILES string of the molecule is C=CC(=O)OCC(COCC(COC(=O)C=C)(COC(=O)C=C)COC(=O)NCCCCCCNC(=O)OCC(COCC(COC(=O)C=C)(COC(=O)C=C)COC(=O)C=C)(COC(=O)C=C)COC(=O)C=C)(COC(C)=O)COC(=O)C=C. The van der Waals surface area contributed by atoms with Crippen molar-refractivity contribution in [3.63, 3.8) is 0 Å². The van der Waals surface area contributed by atoms with Crippen LogP contribution in [0.15, 0.2) is 114 Å². The molecule has 0 aliphatic heterocycles. The fourth-order valence-corrected chi connectivity index (χ4v) is 6.29. The molecule has 0 aromatic carbocycles. The van der Waals surface area contributed by atoms with Crippen molar-refractivity contribution in [1.82, 2.24) is 10.6 Å². The van der Waals surface area contributed by atoms with Gasteiger partial charge in [0.25, 0.3) is 0 Å². The summed E-state index contributed by atoms with van der Waals surface area (Å²) < 4.78 is 75.5. The predicted molar refractivity (Wildman–Crippen MR) is 296 cm³/mol. The molecular weight excluding hydrogens is 1130 g/mol. The fourth-order valence-electron chi connectivity index (χ4n) is 6.29. The third kappa shape index (κ3) is 34.1. The van der Waals surface area contributed by atoms with Gasteiger partial charge in [-0.1, -0.05) is 72.1 Å². The van der Waals surface area contributed by atoms with E-state index in [4.69, 9.17) is 66.3 Å². The molecule has 0 aliphatic rings. The number of carbonyl (C=O) groups is 12. The van der Waals surface area contributed by atoms with Crippen LogP contribution in [0.3, 0.4) is 0 Å². The van der Waals surface area contributed by atoms with Crippen molar-refractivity contribution in [1.29, 1.82) is 0 Å². The van der Waals surface area contributed by atoms with Gasteiger partial charge >= 0.3 is 71.9 Å². The molecule has 0 radical (unpaired) electrons. The number of alkyl carbamates (subject to hydrolysis) is 2. The Labute approximate surface area is 492 Å². The number of nitrogens with one attached hydrogen (secondary N) is 2. The van der Waals surface area contributed by atoms with Crippen LogP contribution in [0.2, 0.25) is 0 Å². The second-order valence-corrected chi connectivity index (χ2v) is 18.5. The third-order valence-corrected chi connectivity index (χ3v) is 11.1. The first-order chi connectivity index (χ1) is 40.4. The first-order valence-electron chi connectivity index (χ1n) is 25.7. The lowest BCUT2D eigenvalue weighted by molar-refractivity contribution is -0.171. The number of ether oxygens (including phenoxy) is 14. The average Bonchev–Trinajstić information content (AvgIpc) is 3.67. The van der Waals surface area contributed by atoms with Crippen molar-refractivity contribution >= 4 is 71.9 Å². The molecule has 0 rings (SSSR count). The Morgan fingerprint density at radius 1 is 0.271 bits per heavy atom. The number of unbranched alkanes of at least 4 members (excludes halogenated alkanes) is 3. The summed E-state index contributed by atoms with van der Waals surface area (Å²) >= 11 is 0. The molecular formula is C57H76N2O26. The molecule has 0 aromatic heterocycles. The third-order valence-electron chi connectivity index (χ3n) is 11.1. The molecule has 0 saturated heterocycles. The zero-order valence-corrected chi connectivity index (χ0v) is 47.7. The highest BCUT2D eigenvalue weighted by atomic mass is 16.6. The Hall–Kier alpha value is -9.18. The molecule has 0 aromatic rings. The van der Waals surface area contributed by atoms with Gasteiger partial charge in [0.2, 0.25) is 0 Å². The number of carbonyl (C=O) groups excluding carboxylic acids is 12. The minimum atomic E-state index is -1.66. The fraction of sp³-hybridized carbons (Fsp3) is 0.474. The van der Waals surface area contributed by atoms with Gasteiger partial charge in [0.05, 0.1) is 48.1 Å². The van der Waals surface area contributed by atoms with E-state index in [2.05, 4.69) is 69.8 Å². The minimum Gasteiger partial charge on any atom is -0.465 e. The molecule has 470 valence electrons. The molecule has 2 amide bonds. The lowest BCUT2D eigenvalue weighted by Gasteiger charge is -2.35. The van der Waals surface area contributed by atoms with Crippen LogP contribution >= 0.6 is 0 Å². The topological polar surface area (TPSA) is 358 Å². The number of hydrogen-bond acceptors (Lipinski definition) is 26. The second-order valence-electron chi connectivity index (χ2n) is 18.5. The number of amides is 2. The summed E-state index contributed by atoms with van der Waals surface area (Å²) in [4.78, 5) is 148. The van der Waals surface area contributed by atoms with Crippen LogP contribution in [0, 0.1) is 21.7 Å². The molecule has 0 atom stereocenters. The molecule has 85 heavy (non-hydrogen) atoms. The summed E-state index contributed by atoms with van der Waals surface area (Å²) in [5.41, 5.74) is -6.48. The predicted octanol–water partition coefficient (Wildman–Crippen LogP) is 3.10. The van der Waals surface area contributed by atoms with E-state index >= 15 is 0 Å². The number of esters is 10. The quantitative estimate of drug-likeness (QED) is 0.0382. The Balaban J connectivity index is 6.10. The highest BCUT2D eigenvalue weighted by Gasteiger charge is 2.42. The molecule has 0 heterocycles. The first-order valence-corrected chi connectivity index (χ1v) is 25.7. The van der Waals surface area contributed by atoms with Gasteiger partial charge in [0.1, 0.15) is 79.3 Å². The van der Waals surface area contributed by atoms with Crippen LogP contribution in [-0.2, 0) is 114 Å². The van der Waals surface area contributed by atoms with Crippen molar-refractivity contribution in [2.75, 3.05) is 119 Å². The lowest BCUT2D eigenvalue weighted by atomic mass is 9.90. The maximum Gasteiger partial charge on any atom is 0.407 e. The summed E-state index contributed by atoms with van der Waals surface area (Å²) in [7, 11) is 0. The van der Waals surface area contributed by atoms with E-state index in [1.54, 1.807) is 0 Å². The van der Waals surface area contributed by atoms with Gasteiger partial charge in [-0.2, -0.15) is 0 Å². The van der Waals surface area contributed by atoms with Gasteiger partial charge in [-0.3, -0.25) is 4.79 Å². The number of hydrogen-bond donors (Lipinski definition) is 2. The largest absolute Gasteiger partial charge is 0.465 e. The maximum atomic E-state index is 13.1. The zero-order valence-electron chi connectivity index (χ0n) is 47.7. The van der Waals surface area contributed by atoms with Gasteiger partial charge in [-0.05, 0) is 12.8 Å². The van der Waals surface area contributed by atoms with Gasteiger partial charge in [-0.15, -0.1) is 0 Å². The highest BCUT2D eigenvalue weighted by Crippen LogP contribution is 2.28. The van der Waals surface area contributed by atoms with E-state index < -0.39 is 199 Å². The summed E-state index contributed by atoms with van der Waals surface area (Å²) in [6, 6.07) is 0. The molecule has 0 unspecified atom stereocenters. The summed E-state index contributed by atoms with van der Waals surface area (Å²) in [6.07, 6.45) is 7.60. The van der Waals surface area contributed by atoms with E-state index in [-0.39, 0.29) is 13.1 Å². The van der Waals surface area contributed by atoms with Gasteiger partial charge in [-0.25, -0.2) is 52.7 Å². The maximum absolute atomic E-state index is 13.1. The highest BCUT2D eigenvalue weighted by molar-refractivity contribution is 5.84. The lowest BCUT2D eigenvalue weighted by Crippen LogP contribution is -2.47. The van der Waals surface area contributed by atoms with Crippen LogP contribution in [0.4, 0.5) is 9.59 Å². The summed E-state index contributed by atoms with van der Waals surface area (Å²) in [5, 5.41) is 5.14. The van der Waals surface area contributed by atoms with Crippen LogP contribution in [-0.4, -0.2) is 191 Å². The van der Waals surface area contributed by atoms with Gasteiger partial charge in [0.15, 0.2) is 0 Å². The van der Waals surface area contributed by atoms with Crippen molar-refractivity contribution in [2.24, 2.45) is 21.7 Å². The monoisotopic (exact) mass is 1200 g/mol. The molecule has 0 bridgehead atoms. The van der Waals surface area contributed by atoms with E-state index in [0.29, 0.717) is 25.7 Å². The van der Waals surface area contributed by atoms with Crippen LogP contribution < -0.4 is 10.6 Å². The van der Waals surface area contributed by atoms with Crippen LogP contribution in [0.1, 0.15) is 32.6 Å². The Bertz CT molecular complexity index is 2240. The van der Waals surface area contributed by atoms with E-state index in [0.717, 1.165) is 61.6 Å². The standard InChI is InChI=1S/C57H76N2O26/c1-11-43(61)75-31-54(30-74-42(10)60,32-76-44(62)12-2)26-72-28-56(36-80-48(66)16-6,37-81-49(67)17-7)40-84-52(70)58-24-22-20-21-23-25-59-53(71)85-41-57(38-82-50(68)18-8,39-83-51(69)19-9)29-73-27-55(33-77-45(63)13-3,34-78-46(64)14-4)35-79-47(65)15-5/h11-19H,1-9,20-41H2,10H3,(H,58,70)(H,59,71).